The van der Waals surface area contributed by atoms with Crippen molar-refractivity contribution in [2.45, 2.75) is 12.0 Å². The summed E-state index contributed by atoms with van der Waals surface area (Å²) < 4.78 is 10.0. The zero-order chi connectivity index (χ0) is 26.4. The van der Waals surface area contributed by atoms with E-state index < -0.39 is 36.3 Å². The van der Waals surface area contributed by atoms with Gasteiger partial charge in [-0.25, -0.2) is 9.59 Å². The summed E-state index contributed by atoms with van der Waals surface area (Å²) in [7, 11) is 1.09. The van der Waals surface area contributed by atoms with Crippen molar-refractivity contribution in [3.8, 4) is 17.2 Å². The van der Waals surface area contributed by atoms with E-state index in [1.807, 2.05) is 54.6 Å². The number of rotatable bonds is 8. The molecule has 0 saturated heterocycles. The van der Waals surface area contributed by atoms with Gasteiger partial charge in [0.2, 0.25) is 5.91 Å². The fraction of sp³-hybridized carbons (Fsp3) is 0.179. The number of carbonyl (C=O) groups excluding carboxylic acids is 4. The normalized spacial score (nSPS) is 12.3. The molecule has 3 aromatic carbocycles. The maximum absolute atomic E-state index is 12.8. The second-order valence-corrected chi connectivity index (χ2v) is 8.26. The molecule has 2 amide bonds. The molecule has 1 atom stereocenters. The molecule has 0 bridgehead atoms. The van der Waals surface area contributed by atoms with Crippen molar-refractivity contribution in [3.05, 3.63) is 95.1 Å². The molecule has 0 aliphatic heterocycles. The smallest absolute Gasteiger partial charge is 0.407 e. The van der Waals surface area contributed by atoms with Crippen molar-refractivity contribution in [3.63, 3.8) is 0 Å². The van der Waals surface area contributed by atoms with Crippen LogP contribution in [0.2, 0.25) is 0 Å². The molecule has 37 heavy (non-hydrogen) atoms. The molecule has 9 nitrogen and oxygen atoms in total. The summed E-state index contributed by atoms with van der Waals surface area (Å²) in [6.45, 7) is -0.450. The number of hydrogen-bond donors (Lipinski definition) is 2. The van der Waals surface area contributed by atoms with E-state index in [9.17, 15) is 19.2 Å². The number of carbonyl (C=O) groups is 4. The molecule has 9 heteroatoms. The van der Waals surface area contributed by atoms with E-state index in [-0.39, 0.29) is 18.1 Å². The van der Waals surface area contributed by atoms with Gasteiger partial charge in [-0.2, -0.15) is 5.26 Å². The van der Waals surface area contributed by atoms with E-state index in [4.69, 9.17) is 10.00 Å². The molecule has 1 aliphatic carbocycles. The van der Waals surface area contributed by atoms with E-state index in [1.165, 1.54) is 24.3 Å². The van der Waals surface area contributed by atoms with Crippen LogP contribution in [0.1, 0.15) is 33.0 Å². The molecule has 1 aliphatic rings. The molecule has 2 N–H and O–H groups in total. The van der Waals surface area contributed by atoms with Gasteiger partial charge in [0.15, 0.2) is 11.8 Å². The first kappa shape index (κ1) is 25.1. The number of alkyl carbamates (subject to hydrolysis) is 1. The Morgan fingerprint density at radius 3 is 2.08 bits per heavy atom. The molecule has 0 fully saturated rings. The maximum atomic E-state index is 12.8. The fourth-order valence-electron chi connectivity index (χ4n) is 4.24. The third-order valence-corrected chi connectivity index (χ3v) is 6.04. The van der Waals surface area contributed by atoms with Gasteiger partial charge >= 0.3 is 12.1 Å². The van der Waals surface area contributed by atoms with E-state index in [0.29, 0.717) is 5.56 Å². The number of fused-ring (bicyclic) bond motifs is 3. The molecule has 0 radical (unpaired) electrons. The van der Waals surface area contributed by atoms with Crippen LogP contribution in [0.15, 0.2) is 72.8 Å². The average molecular weight is 498 g/mol. The highest BCUT2D eigenvalue weighted by atomic mass is 16.5. The lowest BCUT2D eigenvalue weighted by atomic mass is 9.98. The average Bonchev–Trinajstić information content (AvgIpc) is 3.26. The number of nitrogens with one attached hydrogen (secondary N) is 2. The first-order valence-corrected chi connectivity index (χ1v) is 11.4. The summed E-state index contributed by atoms with van der Waals surface area (Å²) in [5, 5.41) is 13.5. The van der Waals surface area contributed by atoms with E-state index in [1.54, 1.807) is 0 Å². The molecular weight excluding hydrogens is 474 g/mol. The second-order valence-electron chi connectivity index (χ2n) is 8.26. The van der Waals surface area contributed by atoms with Crippen molar-refractivity contribution < 1.29 is 28.7 Å². The third-order valence-electron chi connectivity index (χ3n) is 6.04. The third kappa shape index (κ3) is 5.49. The van der Waals surface area contributed by atoms with Gasteiger partial charge in [-0.15, -0.1) is 0 Å². The predicted molar refractivity (Wildman–Crippen MR) is 133 cm³/mol. The van der Waals surface area contributed by atoms with Gasteiger partial charge in [-0.3, -0.25) is 9.59 Å². The summed E-state index contributed by atoms with van der Waals surface area (Å²) in [5.74, 6) is -2.61. The molecule has 0 spiro atoms. The van der Waals surface area contributed by atoms with E-state index >= 15 is 0 Å². The number of ether oxygens (including phenoxy) is 2. The monoisotopic (exact) mass is 497 g/mol. The van der Waals surface area contributed by atoms with Crippen LogP contribution in [0.4, 0.5) is 4.79 Å². The highest BCUT2D eigenvalue weighted by Crippen LogP contribution is 2.44. The Bertz CT molecular complexity index is 1350. The molecule has 1 unspecified atom stereocenters. The molecular formula is C28H23N3O6. The Morgan fingerprint density at radius 2 is 1.51 bits per heavy atom. The summed E-state index contributed by atoms with van der Waals surface area (Å²) in [5.41, 5.74) is 4.73. The number of methoxy groups -OCH3 is 1. The molecule has 0 aromatic heterocycles. The van der Waals surface area contributed by atoms with Crippen LogP contribution in [0.3, 0.4) is 0 Å². The van der Waals surface area contributed by atoms with Gasteiger partial charge in [0.1, 0.15) is 13.2 Å². The van der Waals surface area contributed by atoms with Crippen molar-refractivity contribution >= 4 is 23.8 Å². The minimum atomic E-state index is -1.62. The minimum absolute atomic E-state index is 0.0729. The van der Waals surface area contributed by atoms with Gasteiger partial charge < -0.3 is 20.1 Å². The fourth-order valence-corrected chi connectivity index (χ4v) is 4.24. The first-order chi connectivity index (χ1) is 17.9. The van der Waals surface area contributed by atoms with Crippen molar-refractivity contribution in [1.29, 1.82) is 5.26 Å². The van der Waals surface area contributed by atoms with Gasteiger partial charge in [0, 0.05) is 11.5 Å². The summed E-state index contributed by atoms with van der Waals surface area (Å²) in [6, 6.07) is 21.7. The molecule has 3 aromatic rings. The van der Waals surface area contributed by atoms with Gasteiger partial charge in [0.05, 0.1) is 18.7 Å². The quantitative estimate of drug-likeness (QED) is 0.278. The number of benzene rings is 3. The minimum Gasteiger partial charge on any atom is -0.467 e. The lowest BCUT2D eigenvalue weighted by Crippen LogP contribution is -2.50. The molecule has 186 valence electrons. The number of ketones is 1. The van der Waals surface area contributed by atoms with Crippen LogP contribution in [-0.4, -0.2) is 50.1 Å². The number of Topliss-reactive ketones (excluding diaryl/α,β-unsaturated/α-hetero) is 1. The Labute approximate surface area is 213 Å². The topological polar surface area (TPSA) is 135 Å². The number of nitrogens with zero attached hydrogens (tertiary/aromatic N) is 1. The SMILES string of the molecule is COC(=O)C(NC(=O)CNC(=O)OCC1c2ccccc2-c2ccccc21)C(=O)c1ccc(C#N)cc1. The summed E-state index contributed by atoms with van der Waals surface area (Å²) >= 11 is 0. The highest BCUT2D eigenvalue weighted by molar-refractivity contribution is 6.13. The largest absolute Gasteiger partial charge is 0.467 e. The zero-order valence-electron chi connectivity index (χ0n) is 19.9. The number of hydrogen-bond acceptors (Lipinski definition) is 7. The summed E-state index contributed by atoms with van der Waals surface area (Å²) in [4.78, 5) is 49.7. The van der Waals surface area contributed by atoms with Gasteiger partial charge in [0.25, 0.3) is 0 Å². The maximum Gasteiger partial charge on any atom is 0.407 e. The molecule has 0 saturated carbocycles. The van der Waals surface area contributed by atoms with Crippen molar-refractivity contribution in [2.75, 3.05) is 20.3 Å². The number of esters is 1. The Balaban J connectivity index is 1.33. The highest BCUT2D eigenvalue weighted by Gasteiger charge is 2.31. The molecule has 4 rings (SSSR count). The zero-order valence-corrected chi connectivity index (χ0v) is 19.9. The van der Waals surface area contributed by atoms with E-state index in [2.05, 4.69) is 15.4 Å². The van der Waals surface area contributed by atoms with Gasteiger partial charge in [-0.05, 0) is 46.5 Å². The van der Waals surface area contributed by atoms with E-state index in [0.717, 1.165) is 29.4 Å². The number of nitriles is 1. The first-order valence-electron chi connectivity index (χ1n) is 11.4. The second kappa shape index (κ2) is 11.2. The van der Waals surface area contributed by atoms with Crippen molar-refractivity contribution in [1.82, 2.24) is 10.6 Å². The molecule has 0 heterocycles. The summed E-state index contributed by atoms with van der Waals surface area (Å²) in [6.07, 6.45) is -0.815. The predicted octanol–water partition coefficient (Wildman–Crippen LogP) is 2.94. The van der Waals surface area contributed by atoms with Crippen LogP contribution in [-0.2, 0) is 19.1 Å². The Hall–Kier alpha value is -4.97. The van der Waals surface area contributed by atoms with Crippen LogP contribution in [0.25, 0.3) is 11.1 Å². The van der Waals surface area contributed by atoms with Crippen LogP contribution < -0.4 is 10.6 Å². The van der Waals surface area contributed by atoms with Crippen molar-refractivity contribution in [2.24, 2.45) is 0 Å². The van der Waals surface area contributed by atoms with Crippen LogP contribution >= 0.6 is 0 Å². The lowest BCUT2D eigenvalue weighted by Gasteiger charge is -2.17. The van der Waals surface area contributed by atoms with Crippen LogP contribution in [0.5, 0.6) is 0 Å². The van der Waals surface area contributed by atoms with Crippen LogP contribution in [0, 0.1) is 11.3 Å². The standard InChI is InChI=1S/C28H23N3O6/c1-36-27(34)25(26(33)18-12-10-17(14-29)11-13-18)31-24(32)15-30-28(35)37-16-23-21-8-4-2-6-19(21)20-7-3-5-9-22(20)23/h2-13,23,25H,15-16H2,1H3,(H,30,35)(H,31,32). The Morgan fingerprint density at radius 1 is 0.919 bits per heavy atom. The lowest BCUT2D eigenvalue weighted by molar-refractivity contribution is -0.143. The Kier molecular flexibility index (Phi) is 7.59. The number of amides is 2. The van der Waals surface area contributed by atoms with Gasteiger partial charge in [-0.1, -0.05) is 48.5 Å².